The lowest BCUT2D eigenvalue weighted by atomic mass is 10.2. The van der Waals surface area contributed by atoms with E-state index in [1.807, 2.05) is 16.8 Å². The summed E-state index contributed by atoms with van der Waals surface area (Å²) in [5, 5.41) is 9.93. The van der Waals surface area contributed by atoms with Gasteiger partial charge in [-0.25, -0.2) is 4.98 Å². The molecule has 0 aromatic carbocycles. The number of hydrogen-bond donors (Lipinski definition) is 2. The summed E-state index contributed by atoms with van der Waals surface area (Å²) in [4.78, 5) is 18.0. The van der Waals surface area contributed by atoms with Crippen LogP contribution in [0.3, 0.4) is 0 Å². The predicted molar refractivity (Wildman–Crippen MR) is 92.0 cm³/mol. The predicted octanol–water partition coefficient (Wildman–Crippen LogP) is 2.44. The molecule has 10 heteroatoms. The van der Waals surface area contributed by atoms with E-state index in [1.54, 1.807) is 0 Å². The van der Waals surface area contributed by atoms with Crippen LogP contribution in [0.4, 0.5) is 13.2 Å². The molecule has 0 bridgehead atoms. The summed E-state index contributed by atoms with van der Waals surface area (Å²) < 4.78 is 40.0. The number of nitrogens with one attached hydrogen (secondary N) is 2. The van der Waals surface area contributed by atoms with E-state index in [-0.39, 0.29) is 0 Å². The molecular formula is C15H17F3N4OS2. The first-order valence-electron chi connectivity index (χ1n) is 7.73. The fourth-order valence-corrected chi connectivity index (χ4v) is 4.16. The maximum atomic E-state index is 13.3. The number of halogens is 3. The Morgan fingerprint density at radius 1 is 1.40 bits per heavy atom. The van der Waals surface area contributed by atoms with E-state index in [9.17, 15) is 18.0 Å². The van der Waals surface area contributed by atoms with Crippen LogP contribution in [0, 0.1) is 0 Å². The van der Waals surface area contributed by atoms with Crippen LogP contribution < -0.4 is 10.6 Å². The molecule has 1 unspecified atom stereocenters. The Balaban J connectivity index is 1.63. The van der Waals surface area contributed by atoms with Crippen molar-refractivity contribution in [2.24, 2.45) is 0 Å². The summed E-state index contributed by atoms with van der Waals surface area (Å²) in [5.41, 5.74) is 0.906. The van der Waals surface area contributed by atoms with Crippen molar-refractivity contribution >= 4 is 28.6 Å². The van der Waals surface area contributed by atoms with Gasteiger partial charge in [0, 0.05) is 43.7 Å². The van der Waals surface area contributed by atoms with Crippen LogP contribution >= 0.6 is 22.7 Å². The minimum Gasteiger partial charge on any atom is -0.349 e. The topological polar surface area (TPSA) is 57.3 Å². The first kappa shape index (κ1) is 18.3. The molecular weight excluding hydrogens is 373 g/mol. The second-order valence-electron chi connectivity index (χ2n) is 5.60. The third-order valence-electron chi connectivity index (χ3n) is 3.92. The lowest BCUT2D eigenvalue weighted by Gasteiger charge is -2.35. The van der Waals surface area contributed by atoms with Crippen LogP contribution in [0.15, 0.2) is 23.0 Å². The molecule has 1 fully saturated rings. The molecule has 0 spiro atoms. The standard InChI is InChI=1S/C15H17F3N4OS2/c16-15(17,18)12(22-4-2-19-3-5-22)8-20-13(23)11-7-21-14(25-11)10-1-6-24-9-10/h1,6-7,9,12,19H,2-5,8H2,(H,20,23). The van der Waals surface area contributed by atoms with Crippen molar-refractivity contribution in [3.8, 4) is 10.6 Å². The van der Waals surface area contributed by atoms with Crippen LogP contribution in [0.25, 0.3) is 10.6 Å². The molecule has 1 saturated heterocycles. The van der Waals surface area contributed by atoms with Crippen molar-refractivity contribution in [1.82, 2.24) is 20.5 Å². The van der Waals surface area contributed by atoms with Gasteiger partial charge in [0.1, 0.15) is 15.9 Å². The molecule has 3 heterocycles. The molecule has 1 amide bonds. The number of amides is 1. The Kier molecular flexibility index (Phi) is 5.72. The van der Waals surface area contributed by atoms with E-state index < -0.39 is 24.7 Å². The molecule has 2 N–H and O–H groups in total. The number of hydrogen-bond acceptors (Lipinski definition) is 6. The van der Waals surface area contributed by atoms with Crippen LogP contribution in [0.1, 0.15) is 9.67 Å². The zero-order valence-corrected chi connectivity index (χ0v) is 14.8. The smallest absolute Gasteiger partial charge is 0.349 e. The molecule has 1 aliphatic heterocycles. The summed E-state index contributed by atoms with van der Waals surface area (Å²) >= 11 is 2.69. The number of alkyl halides is 3. The van der Waals surface area contributed by atoms with E-state index in [4.69, 9.17) is 0 Å². The fraction of sp³-hybridized carbons (Fsp3) is 0.467. The Morgan fingerprint density at radius 3 is 2.80 bits per heavy atom. The SMILES string of the molecule is O=C(NCC(N1CCNCC1)C(F)(F)F)c1cnc(-c2ccsc2)s1. The van der Waals surface area contributed by atoms with Gasteiger partial charge in [0.2, 0.25) is 0 Å². The average Bonchev–Trinajstić information content (AvgIpc) is 3.26. The molecule has 2 aromatic rings. The normalized spacial score (nSPS) is 17.4. The van der Waals surface area contributed by atoms with Crippen molar-refractivity contribution in [3.63, 3.8) is 0 Å². The maximum absolute atomic E-state index is 13.3. The quantitative estimate of drug-likeness (QED) is 0.824. The van der Waals surface area contributed by atoms with Gasteiger partial charge in [-0.05, 0) is 11.4 Å². The molecule has 0 aliphatic carbocycles. The van der Waals surface area contributed by atoms with E-state index in [0.717, 1.165) is 5.56 Å². The average molecular weight is 390 g/mol. The van der Waals surface area contributed by atoms with E-state index in [0.29, 0.717) is 36.1 Å². The Morgan fingerprint density at radius 2 is 2.16 bits per heavy atom. The van der Waals surface area contributed by atoms with Crippen molar-refractivity contribution in [2.45, 2.75) is 12.2 Å². The van der Waals surface area contributed by atoms with Gasteiger partial charge in [-0.3, -0.25) is 9.69 Å². The van der Waals surface area contributed by atoms with Gasteiger partial charge < -0.3 is 10.6 Å². The number of carbonyl (C=O) groups excluding carboxylic acids is 1. The fourth-order valence-electron chi connectivity index (χ4n) is 2.62. The number of thiophene rings is 1. The summed E-state index contributed by atoms with van der Waals surface area (Å²) in [5.74, 6) is -0.525. The zero-order valence-electron chi connectivity index (χ0n) is 13.2. The lowest BCUT2D eigenvalue weighted by molar-refractivity contribution is -0.183. The van der Waals surface area contributed by atoms with Crippen molar-refractivity contribution < 1.29 is 18.0 Å². The lowest BCUT2D eigenvalue weighted by Crippen LogP contribution is -2.57. The second-order valence-corrected chi connectivity index (χ2v) is 7.41. The van der Waals surface area contributed by atoms with Gasteiger partial charge in [0.15, 0.2) is 0 Å². The van der Waals surface area contributed by atoms with Crippen LogP contribution in [0.5, 0.6) is 0 Å². The molecule has 1 aliphatic rings. The third-order valence-corrected chi connectivity index (χ3v) is 5.65. The summed E-state index contributed by atoms with van der Waals surface area (Å²) in [6.45, 7) is 1.18. The number of thiazole rings is 1. The molecule has 25 heavy (non-hydrogen) atoms. The molecule has 0 radical (unpaired) electrons. The van der Waals surface area contributed by atoms with Gasteiger partial charge in [0.25, 0.3) is 5.91 Å². The Labute approximate surface area is 150 Å². The largest absolute Gasteiger partial charge is 0.405 e. The highest BCUT2D eigenvalue weighted by Gasteiger charge is 2.43. The van der Waals surface area contributed by atoms with E-state index in [2.05, 4.69) is 15.6 Å². The molecule has 1 atom stereocenters. The highest BCUT2D eigenvalue weighted by Crippen LogP contribution is 2.27. The van der Waals surface area contributed by atoms with E-state index >= 15 is 0 Å². The molecule has 2 aromatic heterocycles. The molecule has 136 valence electrons. The highest BCUT2D eigenvalue weighted by atomic mass is 32.1. The minimum absolute atomic E-state index is 0.308. The van der Waals surface area contributed by atoms with Gasteiger partial charge in [-0.15, -0.1) is 11.3 Å². The van der Waals surface area contributed by atoms with Crippen molar-refractivity contribution in [1.29, 1.82) is 0 Å². The first-order valence-corrected chi connectivity index (χ1v) is 9.49. The van der Waals surface area contributed by atoms with Gasteiger partial charge in [0.05, 0.1) is 6.20 Å². The van der Waals surface area contributed by atoms with Crippen LogP contribution in [-0.4, -0.2) is 60.7 Å². The molecule has 3 rings (SSSR count). The van der Waals surface area contributed by atoms with Crippen molar-refractivity contribution in [2.75, 3.05) is 32.7 Å². The second kappa shape index (κ2) is 7.81. The Bertz CT molecular complexity index is 696. The number of rotatable bonds is 5. The zero-order chi connectivity index (χ0) is 17.9. The van der Waals surface area contributed by atoms with Gasteiger partial charge in [-0.1, -0.05) is 0 Å². The number of piperazine rings is 1. The van der Waals surface area contributed by atoms with Gasteiger partial charge >= 0.3 is 6.18 Å². The highest BCUT2D eigenvalue weighted by molar-refractivity contribution is 7.17. The number of carbonyl (C=O) groups is 1. The number of aromatic nitrogens is 1. The van der Waals surface area contributed by atoms with E-state index in [1.165, 1.54) is 33.8 Å². The summed E-state index contributed by atoms with van der Waals surface area (Å²) in [7, 11) is 0. The summed E-state index contributed by atoms with van der Waals surface area (Å²) in [6.07, 6.45) is -2.99. The first-order chi connectivity index (χ1) is 11.9. The minimum atomic E-state index is -4.39. The monoisotopic (exact) mass is 390 g/mol. The van der Waals surface area contributed by atoms with Crippen molar-refractivity contribution in [3.05, 3.63) is 27.9 Å². The maximum Gasteiger partial charge on any atom is 0.405 e. The molecule has 0 saturated carbocycles. The Hall–Kier alpha value is -1.49. The van der Waals surface area contributed by atoms with Crippen LogP contribution in [0.2, 0.25) is 0 Å². The third kappa shape index (κ3) is 4.57. The summed E-state index contributed by atoms with van der Waals surface area (Å²) in [6, 6.07) is 0.206. The number of nitrogens with zero attached hydrogens (tertiary/aromatic N) is 2. The molecule has 5 nitrogen and oxygen atoms in total. The van der Waals surface area contributed by atoms with Crippen LogP contribution in [-0.2, 0) is 0 Å². The van der Waals surface area contributed by atoms with Gasteiger partial charge in [-0.2, -0.15) is 24.5 Å².